The molecule has 7 nitrogen and oxygen atoms in total. The van der Waals surface area contributed by atoms with Crippen LogP contribution in [-0.2, 0) is 10.0 Å². The Morgan fingerprint density at radius 2 is 2.00 bits per heavy atom. The summed E-state index contributed by atoms with van der Waals surface area (Å²) in [7, 11) is -1.68. The van der Waals surface area contributed by atoms with E-state index in [2.05, 4.69) is 11.9 Å². The molecule has 138 valence electrons. The lowest BCUT2D eigenvalue weighted by molar-refractivity contribution is 0.0692. The Kier molecular flexibility index (Phi) is 5.04. The quantitative estimate of drug-likeness (QED) is 0.850. The van der Waals surface area contributed by atoms with Crippen LogP contribution < -0.4 is 4.74 Å². The molecule has 0 aromatic heterocycles. The van der Waals surface area contributed by atoms with Crippen molar-refractivity contribution in [2.45, 2.75) is 43.2 Å². The molecule has 0 radical (unpaired) electrons. The van der Waals surface area contributed by atoms with Crippen molar-refractivity contribution >= 4 is 16.0 Å². The van der Waals surface area contributed by atoms with E-state index in [0.29, 0.717) is 25.7 Å². The van der Waals surface area contributed by atoms with Crippen molar-refractivity contribution in [2.75, 3.05) is 26.7 Å². The first-order valence-corrected chi connectivity index (χ1v) is 10.0. The Morgan fingerprint density at radius 1 is 1.28 bits per heavy atom. The zero-order valence-corrected chi connectivity index (χ0v) is 15.3. The normalized spacial score (nSPS) is 24.9. The third-order valence-corrected chi connectivity index (χ3v) is 7.09. The van der Waals surface area contributed by atoms with E-state index in [1.54, 1.807) is 6.92 Å². The van der Waals surface area contributed by atoms with Crippen LogP contribution in [0.3, 0.4) is 0 Å². The van der Waals surface area contributed by atoms with Gasteiger partial charge in [0.25, 0.3) is 0 Å². The van der Waals surface area contributed by atoms with Crippen LogP contribution >= 0.6 is 0 Å². The van der Waals surface area contributed by atoms with Gasteiger partial charge in [0.05, 0.1) is 11.5 Å². The molecular weight excluding hydrogens is 344 g/mol. The van der Waals surface area contributed by atoms with Gasteiger partial charge in [-0.1, -0.05) is 0 Å². The molecule has 2 fully saturated rings. The van der Waals surface area contributed by atoms with Crippen molar-refractivity contribution in [3.05, 3.63) is 23.8 Å². The van der Waals surface area contributed by atoms with Crippen molar-refractivity contribution in [1.29, 1.82) is 0 Å². The smallest absolute Gasteiger partial charge is 0.339 e. The van der Waals surface area contributed by atoms with E-state index in [0.717, 1.165) is 19.3 Å². The van der Waals surface area contributed by atoms with Gasteiger partial charge in [0.2, 0.25) is 10.0 Å². The molecule has 8 heteroatoms. The number of fused-ring (bicyclic) bond motifs is 2. The van der Waals surface area contributed by atoms with E-state index >= 15 is 0 Å². The average molecular weight is 368 g/mol. The number of hydrogen-bond donors (Lipinski definition) is 1. The predicted molar refractivity (Wildman–Crippen MR) is 92.5 cm³/mol. The summed E-state index contributed by atoms with van der Waals surface area (Å²) in [4.78, 5) is 13.7. The third-order valence-electron chi connectivity index (χ3n) is 5.23. The highest BCUT2D eigenvalue weighted by molar-refractivity contribution is 7.89. The van der Waals surface area contributed by atoms with E-state index in [9.17, 15) is 18.3 Å². The first-order chi connectivity index (χ1) is 11.8. The maximum Gasteiger partial charge on any atom is 0.339 e. The highest BCUT2D eigenvalue weighted by Gasteiger charge is 2.38. The van der Waals surface area contributed by atoms with Gasteiger partial charge in [-0.25, -0.2) is 13.2 Å². The summed E-state index contributed by atoms with van der Waals surface area (Å²) in [5.74, 6) is -1.02. The first kappa shape index (κ1) is 18.2. The number of hydrogen-bond acceptors (Lipinski definition) is 5. The van der Waals surface area contributed by atoms with Gasteiger partial charge in [0, 0.05) is 25.2 Å². The van der Waals surface area contributed by atoms with E-state index in [1.807, 2.05) is 0 Å². The van der Waals surface area contributed by atoms with Gasteiger partial charge in [-0.3, -0.25) is 4.90 Å². The van der Waals surface area contributed by atoms with Crippen LogP contribution in [0, 0.1) is 0 Å². The Hall–Kier alpha value is -1.64. The molecule has 25 heavy (non-hydrogen) atoms. The number of ether oxygens (including phenoxy) is 1. The molecule has 2 bridgehead atoms. The van der Waals surface area contributed by atoms with Crippen molar-refractivity contribution in [3.63, 3.8) is 0 Å². The van der Waals surface area contributed by atoms with E-state index in [1.165, 1.54) is 22.5 Å². The zero-order valence-electron chi connectivity index (χ0n) is 14.5. The lowest BCUT2D eigenvalue weighted by Gasteiger charge is -2.25. The summed E-state index contributed by atoms with van der Waals surface area (Å²) in [6.45, 7) is 2.97. The molecule has 2 unspecified atom stereocenters. The Bertz CT molecular complexity index is 764. The second kappa shape index (κ2) is 6.93. The van der Waals surface area contributed by atoms with Crippen LogP contribution in [0.15, 0.2) is 23.1 Å². The Labute approximate surface area is 148 Å². The monoisotopic (exact) mass is 368 g/mol. The van der Waals surface area contributed by atoms with Crippen LogP contribution in [0.1, 0.15) is 36.5 Å². The van der Waals surface area contributed by atoms with Crippen LogP contribution in [0.25, 0.3) is 0 Å². The number of sulfonamides is 1. The van der Waals surface area contributed by atoms with Crippen molar-refractivity contribution in [3.8, 4) is 5.75 Å². The maximum atomic E-state index is 13.0. The second-order valence-corrected chi connectivity index (χ2v) is 8.54. The summed E-state index contributed by atoms with van der Waals surface area (Å²) in [6.07, 6.45) is 2.91. The summed E-state index contributed by atoms with van der Waals surface area (Å²) in [6, 6.07) is 4.72. The fourth-order valence-electron chi connectivity index (χ4n) is 3.76. The SMILES string of the molecule is CCOc1ccc(S(=O)(=O)N2CCC3CCC(C2)N3C)cc1C(=O)O. The number of nitrogens with zero attached hydrogens (tertiary/aromatic N) is 2. The lowest BCUT2D eigenvalue weighted by atomic mass is 10.1. The fourth-order valence-corrected chi connectivity index (χ4v) is 5.28. The average Bonchev–Trinajstić information content (AvgIpc) is 2.79. The summed E-state index contributed by atoms with van der Waals surface area (Å²) in [5, 5.41) is 9.36. The van der Waals surface area contributed by atoms with Gasteiger partial charge in [0.15, 0.2) is 0 Å². The molecule has 1 aromatic carbocycles. The molecule has 1 N–H and O–H groups in total. The minimum Gasteiger partial charge on any atom is -0.493 e. The molecule has 0 amide bonds. The lowest BCUT2D eigenvalue weighted by Crippen LogP contribution is -2.39. The number of carboxylic acid groups (broad SMARTS) is 1. The largest absolute Gasteiger partial charge is 0.493 e. The predicted octanol–water partition coefficient (Wildman–Crippen LogP) is 1.64. The number of carbonyl (C=O) groups is 1. The number of carboxylic acids is 1. The summed E-state index contributed by atoms with van der Waals surface area (Å²) in [5.41, 5.74) is -0.128. The minimum atomic E-state index is -3.73. The van der Waals surface area contributed by atoms with Crippen LogP contribution in [-0.4, -0.2) is 67.5 Å². The van der Waals surface area contributed by atoms with Crippen LogP contribution in [0.5, 0.6) is 5.75 Å². The van der Waals surface area contributed by atoms with Gasteiger partial charge in [0.1, 0.15) is 11.3 Å². The van der Waals surface area contributed by atoms with Crippen LogP contribution in [0.2, 0.25) is 0 Å². The van der Waals surface area contributed by atoms with E-state index in [4.69, 9.17) is 4.74 Å². The van der Waals surface area contributed by atoms with Gasteiger partial charge >= 0.3 is 5.97 Å². The fraction of sp³-hybridized carbons (Fsp3) is 0.588. The Balaban J connectivity index is 1.92. The molecule has 3 rings (SSSR count). The zero-order chi connectivity index (χ0) is 18.2. The van der Waals surface area contributed by atoms with E-state index < -0.39 is 16.0 Å². The maximum absolute atomic E-state index is 13.0. The summed E-state index contributed by atoms with van der Waals surface area (Å²) < 4.78 is 32.9. The molecular formula is C17H24N2O5S. The standard InChI is InChI=1S/C17H24N2O5S/c1-3-24-16-7-6-14(10-15(16)17(20)21)25(22,23)19-9-8-12-4-5-13(11-19)18(12)2/h6-7,10,12-13H,3-5,8-9,11H2,1-2H3,(H,20,21). The molecule has 2 saturated heterocycles. The van der Waals surface area contributed by atoms with Gasteiger partial charge in [-0.15, -0.1) is 0 Å². The van der Waals surface area contributed by atoms with Gasteiger partial charge < -0.3 is 9.84 Å². The summed E-state index contributed by atoms with van der Waals surface area (Å²) >= 11 is 0. The third kappa shape index (κ3) is 3.38. The minimum absolute atomic E-state index is 0.00813. The second-order valence-electron chi connectivity index (χ2n) is 6.60. The van der Waals surface area contributed by atoms with Crippen LogP contribution in [0.4, 0.5) is 0 Å². The topological polar surface area (TPSA) is 87.2 Å². The number of rotatable bonds is 5. The molecule has 1 aromatic rings. The molecule has 2 heterocycles. The highest BCUT2D eigenvalue weighted by atomic mass is 32.2. The molecule has 0 saturated carbocycles. The number of benzene rings is 1. The van der Waals surface area contributed by atoms with Crippen molar-refractivity contribution in [1.82, 2.24) is 9.21 Å². The Morgan fingerprint density at radius 3 is 2.68 bits per heavy atom. The molecule has 2 aliphatic rings. The van der Waals surface area contributed by atoms with Crippen molar-refractivity contribution in [2.24, 2.45) is 0 Å². The molecule has 2 atom stereocenters. The highest BCUT2D eigenvalue weighted by Crippen LogP contribution is 2.32. The number of aromatic carboxylic acids is 1. The van der Waals surface area contributed by atoms with Gasteiger partial charge in [-0.05, 0) is 51.4 Å². The van der Waals surface area contributed by atoms with E-state index in [-0.39, 0.29) is 22.3 Å². The van der Waals surface area contributed by atoms with Gasteiger partial charge in [-0.2, -0.15) is 4.31 Å². The number of likely N-dealkylation sites (N-methyl/N-ethyl adjacent to an activating group) is 1. The molecule has 2 aliphatic heterocycles. The molecule has 0 aliphatic carbocycles. The first-order valence-electron chi connectivity index (χ1n) is 8.56. The molecule has 0 spiro atoms. The van der Waals surface area contributed by atoms with Crippen molar-refractivity contribution < 1.29 is 23.1 Å².